The van der Waals surface area contributed by atoms with Crippen molar-refractivity contribution in [2.75, 3.05) is 20.3 Å². The Hall–Kier alpha value is -3.16. The van der Waals surface area contributed by atoms with Gasteiger partial charge in [-0.25, -0.2) is 9.78 Å². The zero-order valence-electron chi connectivity index (χ0n) is 17.8. The van der Waals surface area contributed by atoms with Crippen LogP contribution in [0.2, 0.25) is 0 Å². The van der Waals surface area contributed by atoms with Crippen LogP contribution in [0, 0.1) is 13.8 Å². The number of likely N-dealkylation sites (tertiary alicyclic amines) is 1. The van der Waals surface area contributed by atoms with Gasteiger partial charge in [0.2, 0.25) is 0 Å². The third kappa shape index (κ3) is 4.22. The zero-order valence-corrected chi connectivity index (χ0v) is 17.8. The summed E-state index contributed by atoms with van der Waals surface area (Å²) < 4.78 is 10.7. The van der Waals surface area contributed by atoms with Crippen molar-refractivity contribution in [3.8, 4) is 17.1 Å². The number of hydrogen-bond donors (Lipinski definition) is 1. The molecule has 0 saturated carbocycles. The van der Waals surface area contributed by atoms with Gasteiger partial charge >= 0.3 is 5.97 Å². The summed E-state index contributed by atoms with van der Waals surface area (Å²) in [6.07, 6.45) is 2.13. The molecule has 1 aliphatic rings. The molecule has 0 aliphatic carbocycles. The number of benzene rings is 1. The maximum atomic E-state index is 13.2. The first-order valence-electron chi connectivity index (χ1n) is 10.1. The highest BCUT2D eigenvalue weighted by atomic mass is 16.5. The average Bonchev–Trinajstić information content (AvgIpc) is 3.24. The molecule has 8 nitrogen and oxygen atoms in total. The zero-order chi connectivity index (χ0) is 21.8. The number of H-pyrrole nitrogens is 1. The van der Waals surface area contributed by atoms with Crippen molar-refractivity contribution in [2.45, 2.75) is 46.1 Å². The number of aromatic amines is 1. The van der Waals surface area contributed by atoms with Gasteiger partial charge in [-0.1, -0.05) is 6.92 Å². The van der Waals surface area contributed by atoms with Crippen LogP contribution in [0.5, 0.6) is 5.75 Å². The van der Waals surface area contributed by atoms with Gasteiger partial charge in [-0.05, 0) is 51.3 Å². The van der Waals surface area contributed by atoms with E-state index in [1.807, 2.05) is 6.92 Å². The molecule has 1 N–H and O–H groups in total. The Bertz CT molecular complexity index is 1010. The van der Waals surface area contributed by atoms with Crippen molar-refractivity contribution in [1.82, 2.24) is 14.9 Å². The van der Waals surface area contributed by atoms with E-state index in [9.17, 15) is 14.4 Å². The van der Waals surface area contributed by atoms with E-state index in [-0.39, 0.29) is 11.5 Å². The first kappa shape index (κ1) is 21.5. The predicted molar refractivity (Wildman–Crippen MR) is 112 cm³/mol. The summed E-state index contributed by atoms with van der Waals surface area (Å²) >= 11 is 0. The molecule has 2 heterocycles. The molecule has 1 fully saturated rings. The summed E-state index contributed by atoms with van der Waals surface area (Å²) in [6, 6.07) is 4.45. The van der Waals surface area contributed by atoms with Gasteiger partial charge in [0.25, 0.3) is 11.5 Å². The van der Waals surface area contributed by atoms with Crippen molar-refractivity contribution in [2.24, 2.45) is 0 Å². The summed E-state index contributed by atoms with van der Waals surface area (Å²) in [4.78, 5) is 46.3. The van der Waals surface area contributed by atoms with Crippen molar-refractivity contribution < 1.29 is 19.1 Å². The Kier molecular flexibility index (Phi) is 6.54. The maximum absolute atomic E-state index is 13.2. The van der Waals surface area contributed by atoms with E-state index in [0.29, 0.717) is 53.5 Å². The minimum atomic E-state index is -0.582. The topological polar surface area (TPSA) is 102 Å². The summed E-state index contributed by atoms with van der Waals surface area (Å²) in [7, 11) is 1.32. The second-order valence-electron chi connectivity index (χ2n) is 7.36. The lowest BCUT2D eigenvalue weighted by Gasteiger charge is -2.23. The molecule has 2 aromatic rings. The largest absolute Gasteiger partial charge is 0.493 e. The standard InChI is InChI=1S/C22H27N3O5/c1-5-11-30-18-9-8-15(21(27)25-10-6-7-17(25)22(28)29-4)12-16(18)19-23-14(3)13(2)20(26)24-19/h8-9,12,17H,5-7,10-11H2,1-4H3,(H,23,24,26). The third-order valence-electron chi connectivity index (χ3n) is 5.32. The number of ether oxygens (including phenoxy) is 2. The molecule has 1 aromatic carbocycles. The van der Waals surface area contributed by atoms with Gasteiger partial charge in [-0.3, -0.25) is 9.59 Å². The minimum absolute atomic E-state index is 0.235. The minimum Gasteiger partial charge on any atom is -0.493 e. The van der Waals surface area contributed by atoms with Gasteiger partial charge in [0.05, 0.1) is 19.3 Å². The molecule has 1 unspecified atom stereocenters. The molecule has 1 aromatic heterocycles. The molecule has 0 radical (unpaired) electrons. The van der Waals surface area contributed by atoms with E-state index < -0.39 is 12.0 Å². The van der Waals surface area contributed by atoms with Crippen molar-refractivity contribution in [3.05, 3.63) is 45.4 Å². The smallest absolute Gasteiger partial charge is 0.328 e. The fourth-order valence-corrected chi connectivity index (χ4v) is 3.52. The van der Waals surface area contributed by atoms with Crippen LogP contribution in [-0.4, -0.2) is 53.0 Å². The number of amides is 1. The highest BCUT2D eigenvalue weighted by Gasteiger charge is 2.35. The molecule has 3 rings (SSSR count). The number of carbonyl (C=O) groups is 2. The molecule has 1 amide bonds. The second-order valence-corrected chi connectivity index (χ2v) is 7.36. The van der Waals surface area contributed by atoms with Crippen LogP contribution in [0.15, 0.2) is 23.0 Å². The summed E-state index contributed by atoms with van der Waals surface area (Å²) in [5.74, 6) is 0.196. The SMILES string of the molecule is CCCOc1ccc(C(=O)N2CCCC2C(=O)OC)cc1-c1nc(C)c(C)c(=O)[nH]1. The Balaban J connectivity index is 2.04. The molecule has 1 atom stereocenters. The molecule has 1 aliphatic heterocycles. The summed E-state index contributed by atoms with van der Waals surface area (Å²) in [5.41, 5.74) is 1.84. The molecule has 0 spiro atoms. The molecule has 0 bridgehead atoms. The first-order chi connectivity index (χ1) is 14.4. The van der Waals surface area contributed by atoms with Crippen LogP contribution < -0.4 is 10.3 Å². The Labute approximate surface area is 175 Å². The van der Waals surface area contributed by atoms with E-state index in [1.165, 1.54) is 12.0 Å². The second kappa shape index (κ2) is 9.11. The molecular weight excluding hydrogens is 386 g/mol. The fraction of sp³-hybridized carbons (Fsp3) is 0.455. The van der Waals surface area contributed by atoms with E-state index in [1.54, 1.807) is 32.0 Å². The van der Waals surface area contributed by atoms with Crippen LogP contribution in [0.4, 0.5) is 0 Å². The van der Waals surface area contributed by atoms with E-state index >= 15 is 0 Å². The van der Waals surface area contributed by atoms with Gasteiger partial charge in [-0.2, -0.15) is 0 Å². The molecule has 30 heavy (non-hydrogen) atoms. The quantitative estimate of drug-likeness (QED) is 0.731. The number of rotatable bonds is 6. The number of esters is 1. The highest BCUT2D eigenvalue weighted by Crippen LogP contribution is 2.30. The number of aromatic nitrogens is 2. The highest BCUT2D eigenvalue weighted by molar-refractivity contribution is 5.98. The molecular formula is C22H27N3O5. The van der Waals surface area contributed by atoms with Crippen LogP contribution in [0.3, 0.4) is 0 Å². The molecule has 8 heteroatoms. The number of methoxy groups -OCH3 is 1. The monoisotopic (exact) mass is 413 g/mol. The number of aryl methyl sites for hydroxylation is 1. The number of carbonyl (C=O) groups excluding carboxylic acids is 2. The Morgan fingerprint density at radius 2 is 2.07 bits per heavy atom. The maximum Gasteiger partial charge on any atom is 0.328 e. The Morgan fingerprint density at radius 1 is 1.30 bits per heavy atom. The number of nitrogens with zero attached hydrogens (tertiary/aromatic N) is 2. The fourth-order valence-electron chi connectivity index (χ4n) is 3.52. The van der Waals surface area contributed by atoms with Gasteiger partial charge in [-0.15, -0.1) is 0 Å². The van der Waals surface area contributed by atoms with E-state index in [4.69, 9.17) is 9.47 Å². The van der Waals surface area contributed by atoms with Crippen molar-refractivity contribution >= 4 is 11.9 Å². The first-order valence-corrected chi connectivity index (χ1v) is 10.1. The normalized spacial score (nSPS) is 15.9. The van der Waals surface area contributed by atoms with Crippen LogP contribution in [0.1, 0.15) is 47.8 Å². The summed E-state index contributed by atoms with van der Waals surface area (Å²) in [6.45, 7) is 6.45. The van der Waals surface area contributed by atoms with Crippen molar-refractivity contribution in [3.63, 3.8) is 0 Å². The van der Waals surface area contributed by atoms with Crippen LogP contribution >= 0.6 is 0 Å². The third-order valence-corrected chi connectivity index (χ3v) is 5.32. The molecule has 160 valence electrons. The summed E-state index contributed by atoms with van der Waals surface area (Å²) in [5, 5.41) is 0. The van der Waals surface area contributed by atoms with Gasteiger partial charge < -0.3 is 19.4 Å². The van der Waals surface area contributed by atoms with E-state index in [0.717, 1.165) is 12.8 Å². The van der Waals surface area contributed by atoms with Gasteiger partial charge in [0.15, 0.2) is 0 Å². The molecule has 1 saturated heterocycles. The lowest BCUT2D eigenvalue weighted by atomic mass is 10.1. The number of nitrogens with one attached hydrogen (secondary N) is 1. The lowest BCUT2D eigenvalue weighted by molar-refractivity contribution is -0.145. The van der Waals surface area contributed by atoms with Crippen molar-refractivity contribution in [1.29, 1.82) is 0 Å². The lowest BCUT2D eigenvalue weighted by Crippen LogP contribution is -2.41. The average molecular weight is 413 g/mol. The number of hydrogen-bond acceptors (Lipinski definition) is 6. The van der Waals surface area contributed by atoms with Gasteiger partial charge in [0, 0.05) is 23.4 Å². The van der Waals surface area contributed by atoms with E-state index in [2.05, 4.69) is 9.97 Å². The van der Waals surface area contributed by atoms with Crippen LogP contribution in [0.25, 0.3) is 11.4 Å². The van der Waals surface area contributed by atoms with Gasteiger partial charge in [0.1, 0.15) is 17.6 Å². The Morgan fingerprint density at radius 3 is 2.73 bits per heavy atom. The van der Waals surface area contributed by atoms with Crippen LogP contribution in [-0.2, 0) is 9.53 Å². The predicted octanol–water partition coefficient (Wildman–Crippen LogP) is 2.62.